The minimum Gasteiger partial charge on any atom is -0.350 e. The van der Waals surface area contributed by atoms with Gasteiger partial charge < -0.3 is 5.73 Å². The molecule has 3 N–H and O–H groups in total. The Morgan fingerprint density at radius 3 is 2.11 bits per heavy atom. The molecule has 0 fully saturated rings. The monoisotopic (exact) mass is 257 g/mol. The molecular weight excluding hydrogens is 245 g/mol. The van der Waals surface area contributed by atoms with Gasteiger partial charge in [0.05, 0.1) is 6.21 Å². The number of hydrogen-bond donors (Lipinski definition) is 2. The van der Waals surface area contributed by atoms with E-state index in [9.17, 15) is 9.18 Å². The molecule has 0 saturated carbocycles. The molecule has 19 heavy (non-hydrogen) atoms. The normalized spacial score (nSPS) is 10.6. The van der Waals surface area contributed by atoms with E-state index in [0.717, 1.165) is 16.7 Å². The van der Waals surface area contributed by atoms with E-state index >= 15 is 0 Å². The van der Waals surface area contributed by atoms with Crippen LogP contribution in [0.4, 0.5) is 9.18 Å². The first-order valence-corrected chi connectivity index (χ1v) is 5.59. The van der Waals surface area contributed by atoms with Crippen molar-refractivity contribution in [1.29, 1.82) is 0 Å². The quantitative estimate of drug-likeness (QED) is 0.643. The molecule has 96 valence electrons. The third-order valence-electron chi connectivity index (χ3n) is 2.48. The molecule has 0 aliphatic heterocycles. The number of hydrazone groups is 1. The van der Waals surface area contributed by atoms with Crippen LogP contribution in [-0.2, 0) is 0 Å². The van der Waals surface area contributed by atoms with Crippen LogP contribution in [0.5, 0.6) is 0 Å². The molecule has 0 heterocycles. The highest BCUT2D eigenvalue weighted by molar-refractivity contribution is 5.82. The first-order chi connectivity index (χ1) is 9.15. The second-order valence-corrected chi connectivity index (χ2v) is 3.86. The Balaban J connectivity index is 2.12. The first-order valence-electron chi connectivity index (χ1n) is 5.59. The molecule has 0 unspecified atom stereocenters. The van der Waals surface area contributed by atoms with Crippen LogP contribution in [0.15, 0.2) is 53.6 Å². The van der Waals surface area contributed by atoms with Crippen molar-refractivity contribution in [3.63, 3.8) is 0 Å². The summed E-state index contributed by atoms with van der Waals surface area (Å²) in [4.78, 5) is 10.4. The van der Waals surface area contributed by atoms with Crippen molar-refractivity contribution in [3.05, 3.63) is 59.9 Å². The lowest BCUT2D eigenvalue weighted by molar-refractivity contribution is 0.249. The number of urea groups is 1. The number of primary amides is 1. The Kier molecular flexibility index (Phi) is 3.87. The van der Waals surface area contributed by atoms with E-state index in [4.69, 9.17) is 5.73 Å². The standard InChI is InChI=1S/C14H12FN3O/c15-13-7-5-12(6-8-13)11-3-1-10(2-4-11)9-17-18-14(16)19/h1-9H,(H3,16,18,19). The summed E-state index contributed by atoms with van der Waals surface area (Å²) < 4.78 is 12.8. The maximum absolute atomic E-state index is 12.8. The summed E-state index contributed by atoms with van der Waals surface area (Å²) in [5, 5.41) is 3.66. The van der Waals surface area contributed by atoms with Crippen molar-refractivity contribution in [2.45, 2.75) is 0 Å². The zero-order valence-electron chi connectivity index (χ0n) is 10.0. The van der Waals surface area contributed by atoms with Crippen LogP contribution in [0.3, 0.4) is 0 Å². The van der Waals surface area contributed by atoms with Gasteiger partial charge in [-0.3, -0.25) is 0 Å². The number of hydrogen-bond acceptors (Lipinski definition) is 2. The summed E-state index contributed by atoms with van der Waals surface area (Å²) in [6.45, 7) is 0. The fourth-order valence-electron chi connectivity index (χ4n) is 1.57. The lowest BCUT2D eigenvalue weighted by Gasteiger charge is -2.02. The van der Waals surface area contributed by atoms with Gasteiger partial charge in [0.2, 0.25) is 0 Å². The molecule has 2 amide bonds. The molecular formula is C14H12FN3O. The minimum absolute atomic E-state index is 0.259. The molecule has 0 atom stereocenters. The molecule has 5 heteroatoms. The van der Waals surface area contributed by atoms with Crippen molar-refractivity contribution in [3.8, 4) is 11.1 Å². The molecule has 2 aromatic rings. The molecule has 0 aliphatic rings. The van der Waals surface area contributed by atoms with Gasteiger partial charge in [0.15, 0.2) is 0 Å². The molecule has 2 aromatic carbocycles. The largest absolute Gasteiger partial charge is 0.350 e. The van der Waals surface area contributed by atoms with Crippen molar-refractivity contribution in [2.24, 2.45) is 10.8 Å². The van der Waals surface area contributed by atoms with Gasteiger partial charge in [-0.2, -0.15) is 5.10 Å². The van der Waals surface area contributed by atoms with Gasteiger partial charge in [-0.15, -0.1) is 0 Å². The molecule has 0 aromatic heterocycles. The van der Waals surface area contributed by atoms with Gasteiger partial charge in [-0.25, -0.2) is 14.6 Å². The average molecular weight is 257 g/mol. The second kappa shape index (κ2) is 5.77. The topological polar surface area (TPSA) is 67.5 Å². The number of benzene rings is 2. The molecule has 0 aliphatic carbocycles. The SMILES string of the molecule is NC(=O)NN=Cc1ccc(-c2ccc(F)cc2)cc1. The summed E-state index contributed by atoms with van der Waals surface area (Å²) in [5.41, 5.74) is 9.71. The van der Waals surface area contributed by atoms with E-state index in [1.54, 1.807) is 12.1 Å². The van der Waals surface area contributed by atoms with E-state index in [2.05, 4.69) is 10.5 Å². The fraction of sp³-hybridized carbons (Fsp3) is 0. The van der Waals surface area contributed by atoms with Crippen LogP contribution in [0, 0.1) is 5.82 Å². The van der Waals surface area contributed by atoms with Gasteiger partial charge in [0.25, 0.3) is 0 Å². The number of carbonyl (C=O) groups excluding carboxylic acids is 1. The number of nitrogens with two attached hydrogens (primary N) is 1. The number of nitrogens with one attached hydrogen (secondary N) is 1. The first kappa shape index (κ1) is 12.8. The van der Waals surface area contributed by atoms with Crippen molar-refractivity contribution in [2.75, 3.05) is 0 Å². The number of amides is 2. The van der Waals surface area contributed by atoms with E-state index in [1.807, 2.05) is 24.3 Å². The average Bonchev–Trinajstić information content (AvgIpc) is 2.40. The highest BCUT2D eigenvalue weighted by Gasteiger charge is 1.98. The van der Waals surface area contributed by atoms with Crippen LogP contribution in [0.2, 0.25) is 0 Å². The van der Waals surface area contributed by atoms with E-state index in [-0.39, 0.29) is 5.82 Å². The second-order valence-electron chi connectivity index (χ2n) is 3.86. The number of carbonyl (C=O) groups is 1. The maximum Gasteiger partial charge on any atom is 0.332 e. The fourth-order valence-corrected chi connectivity index (χ4v) is 1.57. The van der Waals surface area contributed by atoms with Gasteiger partial charge in [0, 0.05) is 0 Å². The molecule has 4 nitrogen and oxygen atoms in total. The molecule has 0 spiro atoms. The molecule has 0 radical (unpaired) electrons. The number of halogens is 1. The predicted octanol–water partition coefficient (Wildman–Crippen LogP) is 2.49. The smallest absolute Gasteiger partial charge is 0.332 e. The van der Waals surface area contributed by atoms with Gasteiger partial charge in [-0.05, 0) is 28.8 Å². The number of nitrogens with zero attached hydrogens (tertiary/aromatic N) is 1. The summed E-state index contributed by atoms with van der Waals surface area (Å²) >= 11 is 0. The van der Waals surface area contributed by atoms with Crippen LogP contribution >= 0.6 is 0 Å². The summed E-state index contributed by atoms with van der Waals surface area (Å²) in [7, 11) is 0. The lowest BCUT2D eigenvalue weighted by Crippen LogP contribution is -2.24. The molecule has 2 rings (SSSR count). The number of rotatable bonds is 3. The zero-order chi connectivity index (χ0) is 13.7. The zero-order valence-corrected chi connectivity index (χ0v) is 10.0. The third kappa shape index (κ3) is 3.64. The Bertz CT molecular complexity index is 591. The molecule has 0 saturated heterocycles. The summed E-state index contributed by atoms with van der Waals surface area (Å²) in [6, 6.07) is 13.0. The summed E-state index contributed by atoms with van der Waals surface area (Å²) in [6.07, 6.45) is 1.49. The Labute approximate surface area is 109 Å². The highest BCUT2D eigenvalue weighted by atomic mass is 19.1. The minimum atomic E-state index is -0.709. The summed E-state index contributed by atoms with van der Waals surface area (Å²) in [5.74, 6) is -0.259. The Morgan fingerprint density at radius 2 is 1.58 bits per heavy atom. The highest BCUT2D eigenvalue weighted by Crippen LogP contribution is 2.19. The Morgan fingerprint density at radius 1 is 1.05 bits per heavy atom. The van der Waals surface area contributed by atoms with E-state index in [1.165, 1.54) is 18.3 Å². The van der Waals surface area contributed by atoms with E-state index < -0.39 is 6.03 Å². The van der Waals surface area contributed by atoms with E-state index in [0.29, 0.717) is 0 Å². The van der Waals surface area contributed by atoms with Crippen LogP contribution < -0.4 is 11.2 Å². The predicted molar refractivity (Wildman–Crippen MR) is 72.1 cm³/mol. The molecule has 0 bridgehead atoms. The van der Waals surface area contributed by atoms with Crippen molar-refractivity contribution < 1.29 is 9.18 Å². The third-order valence-corrected chi connectivity index (χ3v) is 2.48. The van der Waals surface area contributed by atoms with Gasteiger partial charge in [-0.1, -0.05) is 36.4 Å². The lowest BCUT2D eigenvalue weighted by atomic mass is 10.0. The Hall–Kier alpha value is -2.69. The van der Waals surface area contributed by atoms with Crippen molar-refractivity contribution >= 4 is 12.2 Å². The maximum atomic E-state index is 12.8. The van der Waals surface area contributed by atoms with Crippen molar-refractivity contribution in [1.82, 2.24) is 5.43 Å². The van der Waals surface area contributed by atoms with Crippen LogP contribution in [0.1, 0.15) is 5.56 Å². The van der Waals surface area contributed by atoms with Crippen LogP contribution in [-0.4, -0.2) is 12.2 Å². The van der Waals surface area contributed by atoms with Crippen LogP contribution in [0.25, 0.3) is 11.1 Å². The van der Waals surface area contributed by atoms with Gasteiger partial charge >= 0.3 is 6.03 Å². The van der Waals surface area contributed by atoms with Gasteiger partial charge in [0.1, 0.15) is 5.82 Å².